The molecule has 4 rings (SSSR count). The Morgan fingerprint density at radius 2 is 1.15 bits per heavy atom. The highest BCUT2D eigenvalue weighted by Crippen LogP contribution is 2.57. The van der Waals surface area contributed by atoms with Crippen LogP contribution in [0.2, 0.25) is 0 Å². The minimum absolute atomic E-state index is 0.0342. The second-order valence-electron chi connectivity index (χ2n) is 13.2. The molecule has 0 radical (unpaired) electrons. The Labute approximate surface area is 227 Å². The average molecular weight is 575 g/mol. The topological polar surface area (TPSA) is 72.8 Å². The molecule has 4 aliphatic rings. The van der Waals surface area contributed by atoms with E-state index in [1.54, 1.807) is 6.92 Å². The number of aliphatic hydroxyl groups is 1. The number of carbonyl (C=O) groups is 2. The molecule has 11 heteroatoms. The summed E-state index contributed by atoms with van der Waals surface area (Å²) < 4.78 is 85.6. The summed E-state index contributed by atoms with van der Waals surface area (Å²) in [7, 11) is 0. The smallest absolute Gasteiger partial charge is 0.426 e. The zero-order valence-corrected chi connectivity index (χ0v) is 24.0. The maximum atomic E-state index is 12.5. The summed E-state index contributed by atoms with van der Waals surface area (Å²) in [5, 5.41) is 8.99. The van der Waals surface area contributed by atoms with E-state index in [0.29, 0.717) is 6.42 Å². The highest BCUT2D eigenvalue weighted by Gasteiger charge is 2.70. The molecule has 0 aliphatic heterocycles. The van der Waals surface area contributed by atoms with E-state index in [4.69, 9.17) is 9.84 Å². The Bertz CT molecular complexity index is 827. The number of esters is 2. The summed E-state index contributed by atoms with van der Waals surface area (Å²) >= 11 is 0. The first-order valence-electron chi connectivity index (χ1n) is 13.8. The van der Waals surface area contributed by atoms with Crippen LogP contribution < -0.4 is 0 Å². The number of rotatable bonds is 8. The van der Waals surface area contributed by atoms with Crippen molar-refractivity contribution in [1.82, 2.24) is 0 Å². The lowest BCUT2D eigenvalue weighted by molar-refractivity contribution is -0.373. The Morgan fingerprint density at radius 3 is 1.49 bits per heavy atom. The van der Waals surface area contributed by atoms with Crippen molar-refractivity contribution < 1.29 is 50.5 Å². The Morgan fingerprint density at radius 1 is 0.795 bits per heavy atom. The molecule has 0 heterocycles. The maximum absolute atomic E-state index is 12.5. The van der Waals surface area contributed by atoms with Crippen molar-refractivity contribution in [2.24, 2.45) is 28.6 Å². The van der Waals surface area contributed by atoms with E-state index in [1.807, 2.05) is 13.8 Å². The van der Waals surface area contributed by atoms with Gasteiger partial charge in [0, 0.05) is 6.42 Å². The summed E-state index contributed by atoms with van der Waals surface area (Å²) in [6.07, 6.45) is -6.64. The van der Waals surface area contributed by atoms with Gasteiger partial charge in [0.1, 0.15) is 11.7 Å². The zero-order valence-electron chi connectivity index (χ0n) is 24.0. The summed E-state index contributed by atoms with van der Waals surface area (Å²) in [5.41, 5.74) is -6.35. The van der Waals surface area contributed by atoms with Crippen LogP contribution in [0.15, 0.2) is 0 Å². The molecular weight excluding hydrogens is 530 g/mol. The van der Waals surface area contributed by atoms with Crippen LogP contribution in [-0.2, 0) is 19.1 Å². The molecule has 1 unspecified atom stereocenters. The number of halogens is 6. The van der Waals surface area contributed by atoms with E-state index in [0.717, 1.165) is 50.4 Å². The van der Waals surface area contributed by atoms with Gasteiger partial charge in [-0.25, -0.2) is 0 Å². The van der Waals surface area contributed by atoms with E-state index in [-0.39, 0.29) is 17.0 Å². The molecule has 0 aromatic carbocycles. The minimum Gasteiger partial charge on any atom is -0.462 e. The highest BCUT2D eigenvalue weighted by atomic mass is 19.4. The molecule has 0 amide bonds. The number of alkyl halides is 6. The summed E-state index contributed by atoms with van der Waals surface area (Å²) in [4.78, 5) is 24.0. The molecule has 0 saturated heterocycles. The van der Waals surface area contributed by atoms with Gasteiger partial charge in [-0.1, -0.05) is 13.8 Å². The zero-order chi connectivity index (χ0) is 30.2. The lowest BCUT2D eigenvalue weighted by Crippen LogP contribution is -2.58. The number of hydrogen-bond acceptors (Lipinski definition) is 5. The van der Waals surface area contributed by atoms with Crippen molar-refractivity contribution in [1.29, 1.82) is 0 Å². The van der Waals surface area contributed by atoms with E-state index < -0.39 is 41.9 Å². The summed E-state index contributed by atoms with van der Waals surface area (Å²) in [6, 6.07) is 0. The van der Waals surface area contributed by atoms with Gasteiger partial charge < -0.3 is 14.6 Å². The molecule has 0 spiro atoms. The first-order chi connectivity index (χ1) is 17.5. The van der Waals surface area contributed by atoms with E-state index in [2.05, 4.69) is 11.7 Å². The molecule has 1 atom stereocenters. The van der Waals surface area contributed by atoms with Crippen molar-refractivity contribution in [3.63, 3.8) is 0 Å². The van der Waals surface area contributed by atoms with Crippen LogP contribution in [-0.4, -0.2) is 46.7 Å². The summed E-state index contributed by atoms with van der Waals surface area (Å²) in [5.74, 6) is 1.63. The van der Waals surface area contributed by atoms with Crippen molar-refractivity contribution >= 4 is 11.9 Å². The van der Waals surface area contributed by atoms with Crippen LogP contribution in [0, 0.1) is 28.6 Å². The standard InChI is InChI=1S/C16H26O2.C12H18F6O3/c1-4-15(2,3)14(17)18-16-8-11-5-12(9-16)7-13(6-11)10-16;1-5-9(3,4)8(19)21-7(2)6-10(20,11(13,14)15)12(16,17)18/h11-13H,4-10H2,1-3H3;7,20H,5-6H2,1-4H3. The lowest BCUT2D eigenvalue weighted by atomic mass is 9.54. The third-order valence-corrected chi connectivity index (χ3v) is 8.99. The van der Waals surface area contributed by atoms with Gasteiger partial charge in [-0.05, 0) is 104 Å². The second kappa shape index (κ2) is 11.4. The fourth-order valence-electron chi connectivity index (χ4n) is 5.97. The van der Waals surface area contributed by atoms with Gasteiger partial charge in [-0.2, -0.15) is 26.3 Å². The number of carbonyl (C=O) groups excluding carboxylic acids is 2. The van der Waals surface area contributed by atoms with Crippen LogP contribution in [0.1, 0.15) is 106 Å². The van der Waals surface area contributed by atoms with Crippen LogP contribution in [0.3, 0.4) is 0 Å². The van der Waals surface area contributed by atoms with Crippen molar-refractivity contribution in [3.05, 3.63) is 0 Å². The van der Waals surface area contributed by atoms with Crippen molar-refractivity contribution in [2.45, 2.75) is 136 Å². The molecule has 39 heavy (non-hydrogen) atoms. The third-order valence-electron chi connectivity index (χ3n) is 8.99. The molecule has 1 N–H and O–H groups in total. The first-order valence-corrected chi connectivity index (χ1v) is 13.8. The largest absolute Gasteiger partial charge is 0.462 e. The molecule has 228 valence electrons. The normalized spacial score (nSPS) is 27.9. The molecule has 0 aromatic heterocycles. The SMILES string of the molecule is CCC(C)(C)C(=O)OC(C)CC(O)(C(F)(F)F)C(F)(F)F.CCC(C)(C)C(=O)OC12CC3CC(CC(C3)C1)C2. The van der Waals surface area contributed by atoms with E-state index in [1.165, 1.54) is 33.1 Å². The fraction of sp³-hybridized carbons (Fsp3) is 0.929. The molecule has 0 aromatic rings. The van der Waals surface area contributed by atoms with Crippen LogP contribution in [0.25, 0.3) is 0 Å². The van der Waals surface area contributed by atoms with Crippen molar-refractivity contribution in [2.75, 3.05) is 0 Å². The third kappa shape index (κ3) is 7.61. The van der Waals surface area contributed by atoms with Gasteiger partial charge in [0.05, 0.1) is 10.8 Å². The van der Waals surface area contributed by atoms with Crippen LogP contribution in [0.4, 0.5) is 26.3 Å². The van der Waals surface area contributed by atoms with Gasteiger partial charge >= 0.3 is 24.3 Å². The lowest BCUT2D eigenvalue weighted by Gasteiger charge is -2.56. The van der Waals surface area contributed by atoms with Gasteiger partial charge in [0.25, 0.3) is 5.60 Å². The van der Waals surface area contributed by atoms with E-state index >= 15 is 0 Å². The molecule has 4 bridgehead atoms. The highest BCUT2D eigenvalue weighted by molar-refractivity contribution is 5.76. The van der Waals surface area contributed by atoms with Gasteiger partial charge in [0.15, 0.2) is 0 Å². The molecule has 4 fully saturated rings. The second-order valence-corrected chi connectivity index (χ2v) is 13.2. The number of ether oxygens (including phenoxy) is 2. The first kappa shape index (κ1) is 33.7. The van der Waals surface area contributed by atoms with Gasteiger partial charge in [-0.3, -0.25) is 9.59 Å². The molecule has 4 aliphatic carbocycles. The molecule has 5 nitrogen and oxygen atoms in total. The maximum Gasteiger partial charge on any atom is 0.426 e. The summed E-state index contributed by atoms with van der Waals surface area (Å²) in [6.45, 7) is 11.5. The fourth-order valence-corrected chi connectivity index (χ4v) is 5.97. The molecular formula is C28H44F6O5. The molecule has 4 saturated carbocycles. The number of hydrogen-bond donors (Lipinski definition) is 1. The Kier molecular flexibility index (Phi) is 9.84. The Hall–Kier alpha value is -1.52. The van der Waals surface area contributed by atoms with Gasteiger partial charge in [0.2, 0.25) is 0 Å². The predicted molar refractivity (Wildman–Crippen MR) is 132 cm³/mol. The van der Waals surface area contributed by atoms with Crippen LogP contribution in [0.5, 0.6) is 0 Å². The average Bonchev–Trinajstić information content (AvgIpc) is 2.76. The van der Waals surface area contributed by atoms with E-state index in [9.17, 15) is 35.9 Å². The van der Waals surface area contributed by atoms with Crippen LogP contribution >= 0.6 is 0 Å². The van der Waals surface area contributed by atoms with Gasteiger partial charge in [-0.15, -0.1) is 0 Å². The monoisotopic (exact) mass is 574 g/mol. The predicted octanol–water partition coefficient (Wildman–Crippen LogP) is 7.53. The quantitative estimate of drug-likeness (QED) is 0.240. The Balaban J connectivity index is 0.000000275. The minimum atomic E-state index is -5.92. The van der Waals surface area contributed by atoms with Crippen molar-refractivity contribution in [3.8, 4) is 0 Å².